The van der Waals surface area contributed by atoms with Gasteiger partial charge in [0.25, 0.3) is 0 Å². The van der Waals surface area contributed by atoms with Crippen LogP contribution in [0.1, 0.15) is 35.0 Å². The van der Waals surface area contributed by atoms with Gasteiger partial charge in [-0.05, 0) is 70.6 Å². The topological polar surface area (TPSA) is 64.5 Å². The Balaban J connectivity index is 1.25. The Morgan fingerprint density at radius 2 is 1.28 bits per heavy atom. The van der Waals surface area contributed by atoms with Gasteiger partial charge in [0.2, 0.25) is 0 Å². The molecule has 3 heterocycles. The smallest absolute Gasteiger partial charge is 0.165 e. The molecule has 0 fully saturated rings. The van der Waals surface area contributed by atoms with E-state index in [0.717, 1.165) is 28.0 Å². The highest BCUT2D eigenvalue weighted by Crippen LogP contribution is 2.56. The first kappa shape index (κ1) is 30.7. The van der Waals surface area contributed by atoms with Crippen molar-refractivity contribution in [1.29, 1.82) is 0 Å². The summed E-state index contributed by atoms with van der Waals surface area (Å²) in [5.41, 5.74) is 11.2. The molecular formula is C45H33N5. The average molecular weight is 644 g/mol. The molecule has 1 unspecified atom stereocenters. The molecule has 1 aliphatic rings. The van der Waals surface area contributed by atoms with E-state index in [9.17, 15) is 0 Å². The predicted octanol–water partition coefficient (Wildman–Crippen LogP) is 10.2. The van der Waals surface area contributed by atoms with E-state index in [0.29, 0.717) is 17.5 Å². The molecule has 0 bridgehead atoms. The second-order valence-electron chi connectivity index (χ2n) is 12.1. The lowest BCUT2D eigenvalue weighted by Crippen LogP contribution is -2.28. The van der Waals surface area contributed by atoms with Crippen LogP contribution in [-0.4, -0.2) is 24.9 Å². The standard InChI is InChI=1S/C45H33N5/c1-3-5-14-31(4-2)42-48-43(32-15-8-6-9-16-32)50-44(49-42)34-22-24-41(47-30-34)33-21-23-38-37-19-12-13-20-39(37)45(40(38)29-33,35-17-10-7-11-18-35)36-25-27-46-28-26-36/h3-30H,2H2,1H3/b5-3-,31-14+. The summed E-state index contributed by atoms with van der Waals surface area (Å²) in [5.74, 6) is 1.69. The summed E-state index contributed by atoms with van der Waals surface area (Å²) in [5, 5.41) is 0. The van der Waals surface area contributed by atoms with E-state index in [1.54, 1.807) is 6.08 Å². The molecule has 1 aliphatic carbocycles. The fourth-order valence-electron chi connectivity index (χ4n) is 7.00. The second-order valence-corrected chi connectivity index (χ2v) is 12.1. The van der Waals surface area contributed by atoms with Crippen molar-refractivity contribution in [1.82, 2.24) is 24.9 Å². The average Bonchev–Trinajstić information content (AvgIpc) is 3.49. The summed E-state index contributed by atoms with van der Waals surface area (Å²) in [7, 11) is 0. The normalized spacial score (nSPS) is 15.1. The Hall–Kier alpha value is -6.59. The number of allylic oxidation sites excluding steroid dienone is 5. The van der Waals surface area contributed by atoms with Crippen LogP contribution in [0.3, 0.4) is 0 Å². The van der Waals surface area contributed by atoms with Crippen LogP contribution in [-0.2, 0) is 5.41 Å². The maximum Gasteiger partial charge on any atom is 0.165 e. The fraction of sp³-hybridized carbons (Fsp3) is 0.0444. The highest BCUT2D eigenvalue weighted by atomic mass is 15.0. The summed E-state index contributed by atoms with van der Waals surface area (Å²) >= 11 is 0. The third-order valence-electron chi connectivity index (χ3n) is 9.30. The van der Waals surface area contributed by atoms with E-state index in [-0.39, 0.29) is 0 Å². The summed E-state index contributed by atoms with van der Waals surface area (Å²) in [4.78, 5) is 23.9. The SMILES string of the molecule is C=C/C(=C\C=C/C)c1nc(-c2ccccc2)nc(-c2ccc(-c3ccc4c(c3)C(c3ccccc3)(c3ccncc3)c3ccccc3-4)nc2)n1. The Kier molecular flexibility index (Phi) is 8.07. The number of nitrogens with zero attached hydrogens (tertiary/aromatic N) is 5. The molecule has 0 aliphatic heterocycles. The third-order valence-corrected chi connectivity index (χ3v) is 9.30. The van der Waals surface area contributed by atoms with E-state index in [1.807, 2.05) is 86.2 Å². The van der Waals surface area contributed by atoms with Crippen molar-refractivity contribution in [2.24, 2.45) is 0 Å². The zero-order valence-corrected chi connectivity index (χ0v) is 27.6. The van der Waals surface area contributed by atoms with Crippen molar-refractivity contribution < 1.29 is 0 Å². The fourth-order valence-corrected chi connectivity index (χ4v) is 7.00. The van der Waals surface area contributed by atoms with Crippen molar-refractivity contribution in [3.63, 3.8) is 0 Å². The van der Waals surface area contributed by atoms with Crippen LogP contribution in [0, 0.1) is 0 Å². The van der Waals surface area contributed by atoms with Gasteiger partial charge in [-0.15, -0.1) is 0 Å². The lowest BCUT2D eigenvalue weighted by molar-refractivity contribution is 0.766. The predicted molar refractivity (Wildman–Crippen MR) is 202 cm³/mol. The molecular weight excluding hydrogens is 611 g/mol. The van der Waals surface area contributed by atoms with Crippen molar-refractivity contribution >= 4 is 5.57 Å². The van der Waals surface area contributed by atoms with Crippen LogP contribution in [0.2, 0.25) is 0 Å². The second kappa shape index (κ2) is 13.1. The van der Waals surface area contributed by atoms with Crippen LogP contribution < -0.4 is 0 Å². The molecule has 50 heavy (non-hydrogen) atoms. The van der Waals surface area contributed by atoms with Gasteiger partial charge < -0.3 is 0 Å². The van der Waals surface area contributed by atoms with Crippen molar-refractivity contribution in [3.8, 4) is 45.2 Å². The van der Waals surface area contributed by atoms with Crippen LogP contribution >= 0.6 is 0 Å². The molecule has 238 valence electrons. The van der Waals surface area contributed by atoms with Crippen LogP contribution in [0.4, 0.5) is 0 Å². The molecule has 5 heteroatoms. The minimum Gasteiger partial charge on any atom is -0.265 e. The van der Waals surface area contributed by atoms with Gasteiger partial charge in [-0.2, -0.15) is 0 Å². The highest BCUT2D eigenvalue weighted by molar-refractivity contribution is 5.88. The van der Waals surface area contributed by atoms with Crippen LogP contribution in [0.25, 0.3) is 50.7 Å². The number of hydrogen-bond acceptors (Lipinski definition) is 5. The first-order valence-electron chi connectivity index (χ1n) is 16.6. The lowest BCUT2D eigenvalue weighted by atomic mass is 9.67. The van der Waals surface area contributed by atoms with Gasteiger partial charge in [0.1, 0.15) is 0 Å². The van der Waals surface area contributed by atoms with Gasteiger partial charge >= 0.3 is 0 Å². The van der Waals surface area contributed by atoms with Gasteiger partial charge in [-0.25, -0.2) is 15.0 Å². The van der Waals surface area contributed by atoms with E-state index < -0.39 is 5.41 Å². The maximum atomic E-state index is 4.98. The molecule has 3 aromatic heterocycles. The van der Waals surface area contributed by atoms with Gasteiger partial charge in [0, 0.05) is 40.9 Å². The third kappa shape index (κ3) is 5.26. The maximum absolute atomic E-state index is 4.98. The highest BCUT2D eigenvalue weighted by Gasteiger charge is 2.46. The first-order chi connectivity index (χ1) is 24.7. The zero-order valence-electron chi connectivity index (χ0n) is 27.6. The summed E-state index contributed by atoms with van der Waals surface area (Å²) < 4.78 is 0. The molecule has 0 saturated heterocycles. The molecule has 0 saturated carbocycles. The number of aromatic nitrogens is 5. The molecule has 4 aromatic carbocycles. The Morgan fingerprint density at radius 3 is 2.00 bits per heavy atom. The van der Waals surface area contributed by atoms with Gasteiger partial charge in [-0.3, -0.25) is 9.97 Å². The molecule has 8 rings (SSSR count). The quantitative estimate of drug-likeness (QED) is 0.154. The van der Waals surface area contributed by atoms with Crippen molar-refractivity contribution in [3.05, 3.63) is 205 Å². The Bertz CT molecular complexity index is 2340. The van der Waals surface area contributed by atoms with Crippen molar-refractivity contribution in [2.45, 2.75) is 12.3 Å². The minimum absolute atomic E-state index is 0.509. The number of rotatable bonds is 8. The lowest BCUT2D eigenvalue weighted by Gasteiger charge is -2.33. The first-order valence-corrected chi connectivity index (χ1v) is 16.6. The Labute approximate surface area is 292 Å². The molecule has 0 radical (unpaired) electrons. The van der Waals surface area contributed by atoms with Gasteiger partial charge in [0.05, 0.1) is 11.1 Å². The largest absolute Gasteiger partial charge is 0.265 e. The minimum atomic E-state index is -0.509. The molecule has 0 spiro atoms. The summed E-state index contributed by atoms with van der Waals surface area (Å²) in [6.45, 7) is 5.98. The van der Waals surface area contributed by atoms with Crippen LogP contribution in [0.5, 0.6) is 0 Å². The number of fused-ring (bicyclic) bond motifs is 3. The number of benzene rings is 4. The van der Waals surface area contributed by atoms with Gasteiger partial charge in [0.15, 0.2) is 17.5 Å². The zero-order chi connectivity index (χ0) is 33.9. The van der Waals surface area contributed by atoms with Crippen LogP contribution in [0.15, 0.2) is 177 Å². The molecule has 5 nitrogen and oxygen atoms in total. The van der Waals surface area contributed by atoms with E-state index in [1.165, 1.54) is 33.4 Å². The van der Waals surface area contributed by atoms with E-state index in [2.05, 4.69) is 96.5 Å². The summed E-state index contributed by atoms with van der Waals surface area (Å²) in [6, 6.07) is 44.5. The van der Waals surface area contributed by atoms with Crippen molar-refractivity contribution in [2.75, 3.05) is 0 Å². The molecule has 1 atom stereocenters. The Morgan fingerprint density at radius 1 is 0.620 bits per heavy atom. The van der Waals surface area contributed by atoms with E-state index in [4.69, 9.17) is 19.9 Å². The molecule has 0 amide bonds. The number of pyridine rings is 2. The van der Waals surface area contributed by atoms with Gasteiger partial charge in [-0.1, -0.05) is 128 Å². The molecule has 7 aromatic rings. The molecule has 0 N–H and O–H groups in total. The summed E-state index contributed by atoms with van der Waals surface area (Å²) in [6.07, 6.45) is 13.3. The monoisotopic (exact) mass is 643 g/mol. The van der Waals surface area contributed by atoms with E-state index >= 15 is 0 Å². The number of hydrogen-bond donors (Lipinski definition) is 0.